The number of carbonyl (C=O) groups is 2. The number of rotatable bonds is 11. The summed E-state index contributed by atoms with van der Waals surface area (Å²) in [5.74, 6) is -0.108. The highest BCUT2D eigenvalue weighted by atomic mass is 16.2. The summed E-state index contributed by atoms with van der Waals surface area (Å²) in [5.41, 5.74) is 4.35. The van der Waals surface area contributed by atoms with Crippen LogP contribution in [0, 0.1) is 6.92 Å². The molecule has 0 spiro atoms. The van der Waals surface area contributed by atoms with E-state index in [9.17, 15) is 9.59 Å². The first-order valence-electron chi connectivity index (χ1n) is 12.2. The number of nitrogens with one attached hydrogen (secondary N) is 1. The van der Waals surface area contributed by atoms with Crippen molar-refractivity contribution in [1.29, 1.82) is 0 Å². The fraction of sp³-hybridized carbons (Fsp3) is 0.333. The van der Waals surface area contributed by atoms with Crippen LogP contribution in [0.5, 0.6) is 0 Å². The van der Waals surface area contributed by atoms with Crippen LogP contribution in [0.15, 0.2) is 84.9 Å². The highest BCUT2D eigenvalue weighted by molar-refractivity contribution is 5.88. The molecule has 2 atom stereocenters. The molecule has 0 aliphatic rings. The van der Waals surface area contributed by atoms with E-state index in [0.29, 0.717) is 25.8 Å². The standard InChI is InChI=1S/C30H36N2O2/c1-4-24(3)31-30(34)28(21-26-13-9-6-10-14-26)32(22-27-17-15-23(2)16-18-27)29(33)20-19-25-11-7-5-8-12-25/h5-18,24,28H,4,19-22H2,1-3H3,(H,31,34)/t24-,28+/m0/s1. The predicted octanol–water partition coefficient (Wildman–Crippen LogP) is 5.48. The zero-order valence-corrected chi connectivity index (χ0v) is 20.5. The molecule has 34 heavy (non-hydrogen) atoms. The summed E-state index contributed by atoms with van der Waals surface area (Å²) in [4.78, 5) is 28.9. The van der Waals surface area contributed by atoms with Crippen molar-refractivity contribution in [3.05, 3.63) is 107 Å². The van der Waals surface area contributed by atoms with Gasteiger partial charge in [0, 0.05) is 25.4 Å². The highest BCUT2D eigenvalue weighted by Gasteiger charge is 2.30. The zero-order valence-electron chi connectivity index (χ0n) is 20.5. The van der Waals surface area contributed by atoms with E-state index in [2.05, 4.69) is 5.32 Å². The maximum Gasteiger partial charge on any atom is 0.243 e. The zero-order chi connectivity index (χ0) is 24.3. The van der Waals surface area contributed by atoms with E-state index in [1.165, 1.54) is 5.56 Å². The Morgan fingerprint density at radius 3 is 2.00 bits per heavy atom. The van der Waals surface area contributed by atoms with Crippen LogP contribution in [0.25, 0.3) is 0 Å². The molecule has 0 fully saturated rings. The van der Waals surface area contributed by atoms with E-state index >= 15 is 0 Å². The number of hydrogen-bond acceptors (Lipinski definition) is 2. The first-order chi connectivity index (χ1) is 16.5. The number of nitrogens with zero attached hydrogens (tertiary/aromatic N) is 1. The molecule has 3 aromatic rings. The Kier molecular flexibility index (Phi) is 9.45. The minimum Gasteiger partial charge on any atom is -0.352 e. The number of carbonyl (C=O) groups excluding carboxylic acids is 2. The van der Waals surface area contributed by atoms with Crippen molar-refractivity contribution in [3.63, 3.8) is 0 Å². The van der Waals surface area contributed by atoms with Crippen LogP contribution in [0.1, 0.15) is 48.9 Å². The fourth-order valence-electron chi connectivity index (χ4n) is 3.92. The smallest absolute Gasteiger partial charge is 0.243 e. The Morgan fingerprint density at radius 2 is 1.41 bits per heavy atom. The van der Waals surface area contributed by atoms with Gasteiger partial charge in [0.1, 0.15) is 6.04 Å². The molecule has 0 saturated heterocycles. The van der Waals surface area contributed by atoms with Gasteiger partial charge in [-0.05, 0) is 43.4 Å². The summed E-state index contributed by atoms with van der Waals surface area (Å²) in [7, 11) is 0. The molecule has 0 heterocycles. The molecule has 4 nitrogen and oxygen atoms in total. The Hall–Kier alpha value is -3.40. The lowest BCUT2D eigenvalue weighted by Gasteiger charge is -2.32. The number of aryl methyl sites for hydroxylation is 2. The van der Waals surface area contributed by atoms with E-state index < -0.39 is 6.04 Å². The minimum atomic E-state index is -0.582. The SMILES string of the molecule is CC[C@H](C)NC(=O)[C@@H](Cc1ccccc1)N(Cc1ccc(C)cc1)C(=O)CCc1ccccc1. The lowest BCUT2D eigenvalue weighted by atomic mass is 10.0. The molecule has 3 rings (SSSR count). The van der Waals surface area contributed by atoms with Crippen LogP contribution < -0.4 is 5.32 Å². The van der Waals surface area contributed by atoms with Gasteiger partial charge in [0.15, 0.2) is 0 Å². The second kappa shape index (κ2) is 12.7. The molecular weight excluding hydrogens is 420 g/mol. The molecular formula is C30H36N2O2. The normalized spacial score (nSPS) is 12.6. The lowest BCUT2D eigenvalue weighted by Crippen LogP contribution is -2.52. The Bertz CT molecular complexity index is 1030. The third-order valence-electron chi connectivity index (χ3n) is 6.22. The maximum absolute atomic E-state index is 13.6. The average Bonchev–Trinajstić information content (AvgIpc) is 2.87. The Labute approximate surface area is 204 Å². The van der Waals surface area contributed by atoms with Gasteiger partial charge in [-0.3, -0.25) is 9.59 Å². The van der Waals surface area contributed by atoms with Gasteiger partial charge in [0.05, 0.1) is 0 Å². The summed E-state index contributed by atoms with van der Waals surface area (Å²) in [5, 5.41) is 3.12. The summed E-state index contributed by atoms with van der Waals surface area (Å²) in [6, 6.07) is 27.6. The summed E-state index contributed by atoms with van der Waals surface area (Å²) in [6.07, 6.45) is 2.32. The van der Waals surface area contributed by atoms with Gasteiger partial charge >= 0.3 is 0 Å². The van der Waals surface area contributed by atoms with Crippen LogP contribution >= 0.6 is 0 Å². The molecule has 0 aliphatic carbocycles. The second-order valence-electron chi connectivity index (χ2n) is 9.02. The first-order valence-corrected chi connectivity index (χ1v) is 12.2. The topological polar surface area (TPSA) is 49.4 Å². The predicted molar refractivity (Wildman–Crippen MR) is 138 cm³/mol. The fourth-order valence-corrected chi connectivity index (χ4v) is 3.92. The first kappa shape index (κ1) is 25.2. The Morgan fingerprint density at radius 1 is 0.824 bits per heavy atom. The van der Waals surface area contributed by atoms with Gasteiger partial charge < -0.3 is 10.2 Å². The van der Waals surface area contributed by atoms with Crippen molar-refractivity contribution in [2.24, 2.45) is 0 Å². The molecule has 3 aromatic carbocycles. The highest BCUT2D eigenvalue weighted by Crippen LogP contribution is 2.18. The molecule has 0 aliphatic heterocycles. The van der Waals surface area contributed by atoms with E-state index in [1.54, 1.807) is 4.90 Å². The molecule has 0 radical (unpaired) electrons. The molecule has 1 N–H and O–H groups in total. The van der Waals surface area contributed by atoms with Gasteiger partial charge in [-0.15, -0.1) is 0 Å². The maximum atomic E-state index is 13.6. The van der Waals surface area contributed by atoms with Gasteiger partial charge in [-0.2, -0.15) is 0 Å². The van der Waals surface area contributed by atoms with Crippen LogP contribution in [0.3, 0.4) is 0 Å². The third-order valence-corrected chi connectivity index (χ3v) is 6.22. The Balaban J connectivity index is 1.90. The van der Waals surface area contributed by atoms with Gasteiger partial charge in [-0.1, -0.05) is 97.4 Å². The molecule has 178 valence electrons. The summed E-state index contributed by atoms with van der Waals surface area (Å²) < 4.78 is 0. The van der Waals surface area contributed by atoms with Crippen molar-refractivity contribution < 1.29 is 9.59 Å². The van der Waals surface area contributed by atoms with E-state index in [0.717, 1.165) is 23.1 Å². The summed E-state index contributed by atoms with van der Waals surface area (Å²) >= 11 is 0. The third kappa shape index (κ3) is 7.58. The van der Waals surface area contributed by atoms with Gasteiger partial charge in [0.25, 0.3) is 0 Å². The van der Waals surface area contributed by atoms with E-state index in [4.69, 9.17) is 0 Å². The lowest BCUT2D eigenvalue weighted by molar-refractivity contribution is -0.141. The van der Waals surface area contributed by atoms with Crippen LogP contribution in [-0.4, -0.2) is 28.8 Å². The molecule has 4 heteroatoms. The molecule has 0 bridgehead atoms. The molecule has 0 unspecified atom stereocenters. The number of benzene rings is 3. The van der Waals surface area contributed by atoms with E-state index in [1.807, 2.05) is 106 Å². The van der Waals surface area contributed by atoms with Gasteiger partial charge in [0.2, 0.25) is 11.8 Å². The molecule has 2 amide bonds. The van der Waals surface area contributed by atoms with Crippen molar-refractivity contribution in [2.75, 3.05) is 0 Å². The van der Waals surface area contributed by atoms with Crippen molar-refractivity contribution in [3.8, 4) is 0 Å². The van der Waals surface area contributed by atoms with Crippen LogP contribution in [0.2, 0.25) is 0 Å². The van der Waals surface area contributed by atoms with Crippen LogP contribution in [0.4, 0.5) is 0 Å². The van der Waals surface area contributed by atoms with Crippen molar-refractivity contribution in [1.82, 2.24) is 10.2 Å². The molecule has 0 aromatic heterocycles. The number of hydrogen-bond donors (Lipinski definition) is 1. The van der Waals surface area contributed by atoms with Crippen LogP contribution in [-0.2, 0) is 29.0 Å². The quantitative estimate of drug-likeness (QED) is 0.415. The monoisotopic (exact) mass is 456 g/mol. The van der Waals surface area contributed by atoms with Crippen molar-refractivity contribution >= 4 is 11.8 Å². The summed E-state index contributed by atoms with van der Waals surface area (Å²) in [6.45, 7) is 6.49. The second-order valence-corrected chi connectivity index (χ2v) is 9.02. The minimum absolute atomic E-state index is 0.00957. The largest absolute Gasteiger partial charge is 0.352 e. The van der Waals surface area contributed by atoms with E-state index in [-0.39, 0.29) is 17.9 Å². The van der Waals surface area contributed by atoms with Crippen molar-refractivity contribution in [2.45, 2.75) is 65.1 Å². The average molecular weight is 457 g/mol. The van der Waals surface area contributed by atoms with Gasteiger partial charge in [-0.25, -0.2) is 0 Å². The number of amides is 2. The molecule has 0 saturated carbocycles.